The fourth-order valence-electron chi connectivity index (χ4n) is 17.2. The number of nitrogens with two attached hydrogens (primary N) is 3. The molecule has 24 nitrogen and oxygen atoms in total. The number of hydrogen-bond donors (Lipinski definition) is 5. The van der Waals surface area contributed by atoms with Crippen LogP contribution in [0, 0.1) is 17.5 Å². The van der Waals surface area contributed by atoms with Gasteiger partial charge in [0.2, 0.25) is 0 Å². The summed E-state index contributed by atoms with van der Waals surface area (Å²) in [6.07, 6.45) is 17.1. The Morgan fingerprint density at radius 2 is 0.793 bits per heavy atom. The van der Waals surface area contributed by atoms with E-state index in [1.54, 1.807) is 40.9 Å². The first-order valence-electron chi connectivity index (χ1n) is 39.1. The number of hydrogen-bond acceptors (Lipinski definition) is 21. The molecule has 9 heterocycles. The summed E-state index contributed by atoms with van der Waals surface area (Å²) in [5, 5.41) is 22.5. The van der Waals surface area contributed by atoms with Crippen LogP contribution in [0.25, 0.3) is 61.4 Å². The number of aromatic nitrogens is 12. The Morgan fingerprint density at radius 1 is 0.405 bits per heavy atom. The predicted octanol–water partition coefficient (Wildman–Crippen LogP) is 14.1. The van der Waals surface area contributed by atoms with E-state index >= 15 is 13.2 Å². The number of halogens is 3. The molecule has 111 heavy (non-hydrogen) atoms. The summed E-state index contributed by atoms with van der Waals surface area (Å²) >= 11 is 0. The molecule has 3 saturated carbocycles. The lowest BCUT2D eigenvalue weighted by Crippen LogP contribution is -2.53. The summed E-state index contributed by atoms with van der Waals surface area (Å²) in [7, 11) is 2.19. The highest BCUT2D eigenvalue weighted by Gasteiger charge is 2.36. The van der Waals surface area contributed by atoms with E-state index in [1.807, 2.05) is 100 Å². The SMILES string of the molecule is CN1CCN(C2CCC(n3nc(-c4ccc(Oc5ccccc5)cc4F)c4c(N)ncnc43)CC2)CC1.C[C@H]1CN(C2CCC(c3nc(-c4ccc(Oc5ccccc5)cc4F)c4c(N)ncnn34)CC2)CCN1.C[C@H]1CN(C2CCC(n3nc(-c4ccc(Oc5ccccc5)cc4F)c4c(N)ncnc43)CC2)CCN1. The maximum absolute atomic E-state index is 15.4. The number of benzene rings is 6. The van der Waals surface area contributed by atoms with Crippen molar-refractivity contribution >= 4 is 45.0 Å². The summed E-state index contributed by atoms with van der Waals surface area (Å²) in [5.74, 6) is 3.86. The van der Waals surface area contributed by atoms with Crippen LogP contribution in [0.15, 0.2) is 165 Å². The van der Waals surface area contributed by atoms with Crippen LogP contribution in [-0.2, 0) is 0 Å². The number of piperazine rings is 3. The number of nitrogens with zero attached hydrogens (tertiary/aromatic N) is 16. The molecule has 6 aromatic heterocycles. The number of rotatable bonds is 15. The molecule has 0 spiro atoms. The Labute approximate surface area is 643 Å². The number of nitrogens with one attached hydrogen (secondary N) is 2. The minimum Gasteiger partial charge on any atom is -0.457 e. The molecule has 0 unspecified atom stereocenters. The van der Waals surface area contributed by atoms with Crippen LogP contribution in [0.3, 0.4) is 0 Å². The van der Waals surface area contributed by atoms with Crippen molar-refractivity contribution in [3.8, 4) is 68.3 Å². The number of likely N-dealkylation sites (N-methyl/N-ethyl adjacent to an activating group) is 1. The molecule has 3 aliphatic carbocycles. The minimum atomic E-state index is -0.431. The average molecular weight is 1500 g/mol. The Bertz CT molecular complexity index is 4940. The second-order valence-corrected chi connectivity index (χ2v) is 30.4. The van der Waals surface area contributed by atoms with Crippen molar-refractivity contribution in [3.05, 3.63) is 188 Å². The number of para-hydroxylation sites is 3. The quantitative estimate of drug-likeness (QED) is 0.0638. The van der Waals surface area contributed by atoms with Crippen molar-refractivity contribution in [1.82, 2.24) is 89.3 Å². The van der Waals surface area contributed by atoms with E-state index in [0.29, 0.717) is 138 Å². The number of imidazole rings is 1. The first-order valence-corrected chi connectivity index (χ1v) is 39.1. The van der Waals surface area contributed by atoms with E-state index in [2.05, 4.69) is 81.1 Å². The molecule has 8 N–H and O–H groups in total. The van der Waals surface area contributed by atoms with E-state index in [9.17, 15) is 0 Å². The summed E-state index contributed by atoms with van der Waals surface area (Å²) < 4.78 is 69.3. The standard InChI is InChI=1S/3C28H32FN7O/c1-34-13-15-35(16-14-34)19-7-9-20(10-8-19)36-28-25(27(30)31-18-32-28)26(33-36)23-12-11-22(17-24(23)29)37-21-5-3-2-4-6-21;1-18-16-35(14-13-31-18)19-7-9-20(10-8-19)36-28-25(27(30)32-17-33-28)26(34-36)23-12-11-22(15-24(23)29)37-21-5-3-2-4-6-21;1-18-16-35(14-13-31-18)20-9-7-19(8-10-20)28-34-25(26-27(30)32-17-33-36(26)28)23-12-11-22(15-24(23)29)37-21-5-3-2-4-6-21/h2-6,11-12,17-20H,7-10,13-16H2,1H3,(H2,30,31,32);2*2-6,11-12,15,17-20,31H,7-10,13-14,16H2,1H3,(H2,30,32,33)/t;2*18-,19?,20?/m.00/s1. The monoisotopic (exact) mass is 1500 g/mol. The van der Waals surface area contributed by atoms with E-state index in [0.717, 1.165) is 148 Å². The zero-order valence-corrected chi connectivity index (χ0v) is 63.0. The van der Waals surface area contributed by atoms with Gasteiger partial charge in [0.05, 0.1) is 22.9 Å². The maximum atomic E-state index is 15.4. The Hall–Kier alpha value is -10.7. The lowest BCUT2D eigenvalue weighted by Gasteiger charge is -2.41. The first kappa shape index (κ1) is 74.4. The third kappa shape index (κ3) is 16.6. The molecule has 2 atom stereocenters. The molecule has 0 amide bonds. The summed E-state index contributed by atoms with van der Waals surface area (Å²) in [5.41, 5.74) is 23.2. The molecule has 576 valence electrons. The van der Waals surface area contributed by atoms with Crippen LogP contribution >= 0.6 is 0 Å². The number of ether oxygens (including phenoxy) is 3. The third-order valence-corrected chi connectivity index (χ3v) is 23.0. The van der Waals surface area contributed by atoms with Crippen molar-refractivity contribution in [2.24, 2.45) is 0 Å². The van der Waals surface area contributed by atoms with Crippen LogP contribution in [-0.4, -0.2) is 181 Å². The van der Waals surface area contributed by atoms with Gasteiger partial charge in [-0.05, 0) is 171 Å². The molecular weight excluding hydrogens is 1410 g/mol. The van der Waals surface area contributed by atoms with Crippen LogP contribution in [0.1, 0.15) is 115 Å². The van der Waals surface area contributed by atoms with Gasteiger partial charge in [-0.15, -0.1) is 0 Å². The van der Waals surface area contributed by atoms with Crippen molar-refractivity contribution in [1.29, 1.82) is 0 Å². The number of anilines is 3. The first-order chi connectivity index (χ1) is 54.2. The Kier molecular flexibility index (Phi) is 22.5. The highest BCUT2D eigenvalue weighted by molar-refractivity contribution is 5.99. The molecule has 0 radical (unpaired) electrons. The summed E-state index contributed by atoms with van der Waals surface area (Å²) in [6.45, 7) is 15.5. The lowest BCUT2D eigenvalue weighted by atomic mass is 9.84. The van der Waals surface area contributed by atoms with Gasteiger partial charge in [0.1, 0.15) is 111 Å². The van der Waals surface area contributed by atoms with Crippen molar-refractivity contribution < 1.29 is 27.4 Å². The van der Waals surface area contributed by atoms with Crippen LogP contribution in [0.5, 0.6) is 34.5 Å². The van der Waals surface area contributed by atoms with Crippen LogP contribution < -0.4 is 42.0 Å². The van der Waals surface area contributed by atoms with Crippen LogP contribution in [0.4, 0.5) is 30.6 Å². The largest absolute Gasteiger partial charge is 0.457 e. The second kappa shape index (κ2) is 33.5. The maximum Gasteiger partial charge on any atom is 0.164 e. The minimum absolute atomic E-state index is 0.186. The predicted molar refractivity (Wildman–Crippen MR) is 425 cm³/mol. The third-order valence-electron chi connectivity index (χ3n) is 23.0. The van der Waals surface area contributed by atoms with E-state index in [-0.39, 0.29) is 23.8 Å². The van der Waals surface area contributed by atoms with Gasteiger partial charge in [-0.2, -0.15) is 15.3 Å². The summed E-state index contributed by atoms with van der Waals surface area (Å²) in [4.78, 5) is 36.8. The van der Waals surface area contributed by atoms with E-state index in [1.165, 1.54) is 37.2 Å². The average Bonchev–Trinajstić information content (AvgIpc) is 1.62. The van der Waals surface area contributed by atoms with Gasteiger partial charge in [-0.3, -0.25) is 14.7 Å². The van der Waals surface area contributed by atoms with Gasteiger partial charge < -0.3 is 46.9 Å². The molecular formula is C84H96F3N21O3. The smallest absolute Gasteiger partial charge is 0.164 e. The number of nitrogen functional groups attached to an aromatic ring is 3. The zero-order valence-electron chi connectivity index (χ0n) is 63.0. The summed E-state index contributed by atoms with van der Waals surface area (Å²) in [6, 6.07) is 45.6. The van der Waals surface area contributed by atoms with Gasteiger partial charge in [0, 0.05) is 136 Å². The molecule has 3 aliphatic heterocycles. The van der Waals surface area contributed by atoms with E-state index in [4.69, 9.17) is 46.6 Å². The molecule has 0 bridgehead atoms. The molecule has 6 fully saturated rings. The van der Waals surface area contributed by atoms with Gasteiger partial charge >= 0.3 is 0 Å². The van der Waals surface area contributed by atoms with Crippen molar-refractivity contribution in [2.45, 2.75) is 139 Å². The normalized spacial score (nSPS) is 22.3. The second-order valence-electron chi connectivity index (χ2n) is 30.4. The van der Waals surface area contributed by atoms with Crippen molar-refractivity contribution in [3.63, 3.8) is 0 Å². The topological polar surface area (TPSA) is 273 Å². The highest BCUT2D eigenvalue weighted by atomic mass is 19.1. The fraction of sp³-hybridized carbons (Fsp3) is 0.393. The zero-order chi connectivity index (χ0) is 76.1. The molecule has 27 heteroatoms. The van der Waals surface area contributed by atoms with Gasteiger partial charge in [-0.1, -0.05) is 54.6 Å². The van der Waals surface area contributed by atoms with Crippen LogP contribution in [0.2, 0.25) is 0 Å². The molecule has 3 saturated heterocycles. The lowest BCUT2D eigenvalue weighted by molar-refractivity contribution is 0.0815. The van der Waals surface area contributed by atoms with Gasteiger partial charge in [0.15, 0.2) is 17.1 Å². The Balaban J connectivity index is 0.000000126. The number of fused-ring (bicyclic) bond motifs is 3. The fourth-order valence-corrected chi connectivity index (χ4v) is 17.2. The molecule has 12 aromatic rings. The van der Waals surface area contributed by atoms with Gasteiger partial charge in [-0.25, -0.2) is 57.0 Å². The van der Waals surface area contributed by atoms with Crippen molar-refractivity contribution in [2.75, 3.05) is 89.7 Å². The molecule has 18 rings (SSSR count). The molecule has 6 aliphatic rings. The Morgan fingerprint density at radius 3 is 1.21 bits per heavy atom. The molecule has 6 aromatic carbocycles. The van der Waals surface area contributed by atoms with Gasteiger partial charge in [0.25, 0.3) is 0 Å². The van der Waals surface area contributed by atoms with E-state index < -0.39 is 17.5 Å². The highest BCUT2D eigenvalue weighted by Crippen LogP contribution is 2.44.